The second kappa shape index (κ2) is 7.82. The molecule has 0 unspecified atom stereocenters. The number of fused-ring (bicyclic) bond motifs is 1. The van der Waals surface area contributed by atoms with Crippen molar-refractivity contribution in [1.29, 1.82) is 0 Å². The molecule has 0 aliphatic carbocycles. The lowest BCUT2D eigenvalue weighted by Gasteiger charge is -2.03. The van der Waals surface area contributed by atoms with Crippen molar-refractivity contribution >= 4 is 11.2 Å². The van der Waals surface area contributed by atoms with E-state index in [0.29, 0.717) is 18.1 Å². The quantitative estimate of drug-likeness (QED) is 0.416. The number of rotatable bonds is 6. The van der Waals surface area contributed by atoms with E-state index in [1.807, 2.05) is 61.5 Å². The van der Waals surface area contributed by atoms with Crippen LogP contribution in [0.1, 0.15) is 12.8 Å². The van der Waals surface area contributed by atoms with E-state index >= 15 is 0 Å². The average molecular weight is 415 g/mol. The highest BCUT2D eigenvalue weighted by Crippen LogP contribution is 2.20. The van der Waals surface area contributed by atoms with Gasteiger partial charge < -0.3 is 9.26 Å². The number of hydrogen-bond donors (Lipinski definition) is 0. The Bertz CT molecular complexity index is 1390. The molecule has 31 heavy (non-hydrogen) atoms. The molecule has 5 aromatic rings. The third kappa shape index (κ3) is 3.54. The highest BCUT2D eigenvalue weighted by Gasteiger charge is 2.15. The number of para-hydroxylation sites is 1. The van der Waals surface area contributed by atoms with Gasteiger partial charge in [0.1, 0.15) is 18.6 Å². The molecule has 0 atom stereocenters. The largest absolute Gasteiger partial charge is 0.494 e. The van der Waals surface area contributed by atoms with Crippen molar-refractivity contribution in [1.82, 2.24) is 34.7 Å². The third-order valence-electron chi connectivity index (χ3n) is 4.63. The van der Waals surface area contributed by atoms with E-state index in [4.69, 9.17) is 9.26 Å². The molecule has 0 aliphatic heterocycles. The number of aromatic nitrogens is 7. The van der Waals surface area contributed by atoms with Gasteiger partial charge in [0.2, 0.25) is 11.7 Å². The van der Waals surface area contributed by atoms with Gasteiger partial charge in [-0.25, -0.2) is 4.98 Å². The molecule has 0 aliphatic rings. The van der Waals surface area contributed by atoms with Crippen molar-refractivity contribution in [2.45, 2.75) is 13.5 Å². The van der Waals surface area contributed by atoms with Gasteiger partial charge in [0, 0.05) is 5.56 Å². The van der Waals surface area contributed by atoms with Crippen LogP contribution in [0, 0.1) is 0 Å². The van der Waals surface area contributed by atoms with E-state index in [2.05, 4.69) is 25.4 Å². The molecular formula is C21H17N7O3. The lowest BCUT2D eigenvalue weighted by atomic mass is 10.2. The van der Waals surface area contributed by atoms with Crippen LogP contribution in [0.4, 0.5) is 0 Å². The minimum Gasteiger partial charge on any atom is -0.494 e. The van der Waals surface area contributed by atoms with Crippen molar-refractivity contribution in [2.75, 3.05) is 6.61 Å². The lowest BCUT2D eigenvalue weighted by Crippen LogP contribution is -2.21. The summed E-state index contributed by atoms with van der Waals surface area (Å²) in [7, 11) is 0. The normalized spacial score (nSPS) is 11.1. The Hall–Kier alpha value is -4.34. The van der Waals surface area contributed by atoms with Gasteiger partial charge in [0.15, 0.2) is 11.2 Å². The smallest absolute Gasteiger partial charge is 0.284 e. The highest BCUT2D eigenvalue weighted by molar-refractivity contribution is 5.70. The first-order valence-electron chi connectivity index (χ1n) is 9.65. The van der Waals surface area contributed by atoms with E-state index in [1.54, 1.807) is 0 Å². The van der Waals surface area contributed by atoms with Gasteiger partial charge in [-0.15, -0.1) is 5.10 Å². The molecule has 10 nitrogen and oxygen atoms in total. The van der Waals surface area contributed by atoms with E-state index in [0.717, 1.165) is 17.0 Å². The summed E-state index contributed by atoms with van der Waals surface area (Å²) in [6, 6.07) is 16.8. The van der Waals surface area contributed by atoms with Crippen LogP contribution in [0.15, 0.2) is 70.2 Å². The molecule has 0 fully saturated rings. The summed E-state index contributed by atoms with van der Waals surface area (Å²) in [5.41, 5.74) is 1.76. The van der Waals surface area contributed by atoms with E-state index < -0.39 is 0 Å². The molecule has 3 heterocycles. The minimum absolute atomic E-state index is 0.0734. The summed E-state index contributed by atoms with van der Waals surface area (Å²) in [6.45, 7) is 2.59. The number of benzene rings is 2. The number of ether oxygens (including phenoxy) is 1. The first kappa shape index (κ1) is 18.7. The standard InChI is InChI=1S/C21H17N7O3/c1-2-30-16-10-8-14(9-11-16)19-23-17(31-25-19)12-27-13-22-20-18(21(27)29)24-26-28(20)15-6-4-3-5-7-15/h3-11,13H,2,12H2,1H3. The monoisotopic (exact) mass is 415 g/mol. The third-order valence-corrected chi connectivity index (χ3v) is 4.63. The van der Waals surface area contributed by atoms with Gasteiger partial charge in [0.25, 0.3) is 5.56 Å². The van der Waals surface area contributed by atoms with Crippen LogP contribution in [-0.4, -0.2) is 41.3 Å². The number of hydrogen-bond acceptors (Lipinski definition) is 8. The maximum absolute atomic E-state index is 12.9. The summed E-state index contributed by atoms with van der Waals surface area (Å²) in [6.07, 6.45) is 1.42. The molecule has 0 amide bonds. The highest BCUT2D eigenvalue weighted by atomic mass is 16.5. The maximum atomic E-state index is 12.9. The van der Waals surface area contributed by atoms with E-state index in [9.17, 15) is 4.79 Å². The van der Waals surface area contributed by atoms with Gasteiger partial charge in [0.05, 0.1) is 12.3 Å². The summed E-state index contributed by atoms with van der Waals surface area (Å²) < 4.78 is 13.6. The molecule has 0 bridgehead atoms. The van der Waals surface area contributed by atoms with Gasteiger partial charge in [-0.05, 0) is 43.3 Å². The van der Waals surface area contributed by atoms with Crippen LogP contribution in [-0.2, 0) is 6.54 Å². The Labute approximate surface area is 175 Å². The minimum atomic E-state index is -0.340. The van der Waals surface area contributed by atoms with Crippen molar-refractivity contribution in [3.05, 3.63) is 77.2 Å². The molecule has 2 aromatic carbocycles. The molecule has 3 aromatic heterocycles. The van der Waals surface area contributed by atoms with Gasteiger partial charge >= 0.3 is 0 Å². The van der Waals surface area contributed by atoms with Crippen LogP contribution >= 0.6 is 0 Å². The molecule has 0 saturated carbocycles. The Morgan fingerprint density at radius 1 is 1.06 bits per heavy atom. The van der Waals surface area contributed by atoms with Gasteiger partial charge in [-0.3, -0.25) is 9.36 Å². The van der Waals surface area contributed by atoms with Crippen molar-refractivity contribution in [3.63, 3.8) is 0 Å². The molecule has 0 saturated heterocycles. The Morgan fingerprint density at radius 2 is 1.87 bits per heavy atom. The second-order valence-corrected chi connectivity index (χ2v) is 6.66. The summed E-state index contributed by atoms with van der Waals surface area (Å²) in [5.74, 6) is 1.47. The van der Waals surface area contributed by atoms with Crippen LogP contribution in [0.25, 0.3) is 28.2 Å². The molecule has 10 heteroatoms. The number of nitrogens with zero attached hydrogens (tertiary/aromatic N) is 7. The van der Waals surface area contributed by atoms with Gasteiger partial charge in [-0.1, -0.05) is 28.6 Å². The Balaban J connectivity index is 1.41. The van der Waals surface area contributed by atoms with Crippen molar-refractivity contribution in [3.8, 4) is 22.8 Å². The van der Waals surface area contributed by atoms with Crippen LogP contribution in [0.5, 0.6) is 5.75 Å². The summed E-state index contributed by atoms with van der Waals surface area (Å²) >= 11 is 0. The zero-order chi connectivity index (χ0) is 21.2. The van der Waals surface area contributed by atoms with E-state index in [1.165, 1.54) is 15.6 Å². The van der Waals surface area contributed by atoms with Crippen LogP contribution in [0.2, 0.25) is 0 Å². The molecule has 0 N–H and O–H groups in total. The molecular weight excluding hydrogens is 398 g/mol. The Morgan fingerprint density at radius 3 is 2.65 bits per heavy atom. The zero-order valence-electron chi connectivity index (χ0n) is 16.5. The summed E-state index contributed by atoms with van der Waals surface area (Å²) in [4.78, 5) is 21.6. The fourth-order valence-corrected chi connectivity index (χ4v) is 3.15. The molecule has 154 valence electrons. The first-order valence-corrected chi connectivity index (χ1v) is 9.65. The lowest BCUT2D eigenvalue weighted by molar-refractivity contribution is 0.340. The van der Waals surface area contributed by atoms with Crippen LogP contribution in [0.3, 0.4) is 0 Å². The SMILES string of the molecule is CCOc1ccc(-c2noc(Cn3cnc4c(nnn4-c4ccccc4)c3=O)n2)cc1. The van der Waals surface area contributed by atoms with E-state index in [-0.39, 0.29) is 23.5 Å². The summed E-state index contributed by atoms with van der Waals surface area (Å²) in [5, 5.41) is 12.1. The molecule has 0 radical (unpaired) electrons. The predicted octanol–water partition coefficient (Wildman–Crippen LogP) is 2.47. The topological polar surface area (TPSA) is 114 Å². The maximum Gasteiger partial charge on any atom is 0.284 e. The van der Waals surface area contributed by atoms with Crippen molar-refractivity contribution < 1.29 is 9.26 Å². The first-order chi connectivity index (χ1) is 15.2. The van der Waals surface area contributed by atoms with Crippen LogP contribution < -0.4 is 10.3 Å². The predicted molar refractivity (Wildman–Crippen MR) is 111 cm³/mol. The molecule has 5 rings (SSSR count). The molecule has 0 spiro atoms. The van der Waals surface area contributed by atoms with Gasteiger partial charge in [-0.2, -0.15) is 9.67 Å². The fraction of sp³-hybridized carbons (Fsp3) is 0.143. The Kier molecular flexibility index (Phi) is 4.71. The zero-order valence-corrected chi connectivity index (χ0v) is 16.5. The second-order valence-electron chi connectivity index (χ2n) is 6.66. The van der Waals surface area contributed by atoms with Crippen molar-refractivity contribution in [2.24, 2.45) is 0 Å². The average Bonchev–Trinajstić information content (AvgIpc) is 3.45. The fourth-order valence-electron chi connectivity index (χ4n) is 3.15.